The van der Waals surface area contributed by atoms with Gasteiger partial charge in [-0.2, -0.15) is 4.39 Å². The molecule has 1 saturated heterocycles. The zero-order valence-corrected chi connectivity index (χ0v) is 14.5. The van der Waals surface area contributed by atoms with Crippen LogP contribution in [-0.2, 0) is 4.74 Å². The molecular formula is C16H23FN4O4. The van der Waals surface area contributed by atoms with E-state index in [9.17, 15) is 19.3 Å². The molecule has 1 aromatic carbocycles. The highest BCUT2D eigenvalue weighted by molar-refractivity contribution is 5.67. The summed E-state index contributed by atoms with van der Waals surface area (Å²) in [7, 11) is 0. The fourth-order valence-corrected chi connectivity index (χ4v) is 2.72. The molecule has 1 heterocycles. The van der Waals surface area contributed by atoms with Gasteiger partial charge in [0.1, 0.15) is 11.3 Å². The molecule has 0 radical (unpaired) electrons. The van der Waals surface area contributed by atoms with E-state index in [0.29, 0.717) is 13.1 Å². The molecule has 0 saturated carbocycles. The van der Waals surface area contributed by atoms with Crippen molar-refractivity contribution in [1.82, 2.24) is 10.9 Å². The maximum Gasteiger partial charge on any atom is 0.422 e. The number of hydrogen-bond donors (Lipinski definition) is 2. The van der Waals surface area contributed by atoms with Gasteiger partial charge < -0.3 is 9.64 Å². The van der Waals surface area contributed by atoms with Crippen molar-refractivity contribution in [2.24, 2.45) is 0 Å². The first-order valence-electron chi connectivity index (χ1n) is 8.10. The number of rotatable bonds is 4. The molecular weight excluding hydrogens is 331 g/mol. The van der Waals surface area contributed by atoms with Crippen molar-refractivity contribution in [3.63, 3.8) is 0 Å². The molecule has 1 atom stereocenters. The highest BCUT2D eigenvalue weighted by Gasteiger charge is 2.28. The van der Waals surface area contributed by atoms with Crippen LogP contribution in [0.15, 0.2) is 18.2 Å². The first-order chi connectivity index (χ1) is 11.7. The minimum absolute atomic E-state index is 0.135. The van der Waals surface area contributed by atoms with Gasteiger partial charge in [0.2, 0.25) is 5.82 Å². The molecule has 1 aromatic rings. The molecule has 2 rings (SSSR count). The number of carbonyl (C=O) groups is 1. The number of nitro groups is 1. The lowest BCUT2D eigenvalue weighted by Gasteiger charge is -2.34. The van der Waals surface area contributed by atoms with Crippen LogP contribution in [0.4, 0.5) is 20.6 Å². The Labute approximate surface area is 145 Å². The molecule has 0 spiro atoms. The average Bonchev–Trinajstić information content (AvgIpc) is 2.51. The monoisotopic (exact) mass is 354 g/mol. The maximum atomic E-state index is 13.8. The Morgan fingerprint density at radius 1 is 1.44 bits per heavy atom. The first-order valence-corrected chi connectivity index (χ1v) is 8.10. The predicted octanol–water partition coefficient (Wildman–Crippen LogP) is 2.73. The lowest BCUT2D eigenvalue weighted by atomic mass is 10.1. The molecule has 8 nitrogen and oxygen atoms in total. The molecule has 0 bridgehead atoms. The number of nitrogens with one attached hydrogen (secondary N) is 2. The molecule has 1 fully saturated rings. The van der Waals surface area contributed by atoms with E-state index in [-0.39, 0.29) is 11.7 Å². The number of para-hydroxylation sites is 1. The van der Waals surface area contributed by atoms with Gasteiger partial charge in [0.15, 0.2) is 0 Å². The second-order valence-electron chi connectivity index (χ2n) is 6.92. The molecule has 138 valence electrons. The molecule has 1 amide bonds. The number of amides is 1. The van der Waals surface area contributed by atoms with Gasteiger partial charge in [-0.15, -0.1) is 0 Å². The van der Waals surface area contributed by atoms with Crippen LogP contribution in [0.25, 0.3) is 0 Å². The van der Waals surface area contributed by atoms with Crippen LogP contribution in [0.1, 0.15) is 33.6 Å². The van der Waals surface area contributed by atoms with Crippen molar-refractivity contribution in [2.45, 2.75) is 45.3 Å². The van der Waals surface area contributed by atoms with Crippen LogP contribution in [0, 0.1) is 15.9 Å². The van der Waals surface area contributed by atoms with E-state index in [0.717, 1.165) is 18.9 Å². The van der Waals surface area contributed by atoms with Crippen LogP contribution in [-0.4, -0.2) is 35.7 Å². The first kappa shape index (κ1) is 18.9. The number of hydrogen-bond acceptors (Lipinski definition) is 6. The van der Waals surface area contributed by atoms with E-state index in [1.165, 1.54) is 12.1 Å². The molecule has 0 aliphatic carbocycles. The topological polar surface area (TPSA) is 96.7 Å². The Morgan fingerprint density at radius 2 is 2.16 bits per heavy atom. The van der Waals surface area contributed by atoms with Gasteiger partial charge in [0, 0.05) is 19.1 Å². The van der Waals surface area contributed by atoms with Crippen molar-refractivity contribution in [2.75, 3.05) is 18.0 Å². The van der Waals surface area contributed by atoms with E-state index >= 15 is 0 Å². The minimum Gasteiger partial charge on any atom is -0.443 e. The Balaban J connectivity index is 2.01. The maximum absolute atomic E-state index is 13.8. The number of anilines is 1. The van der Waals surface area contributed by atoms with Crippen molar-refractivity contribution in [1.29, 1.82) is 0 Å². The van der Waals surface area contributed by atoms with E-state index < -0.39 is 28.1 Å². The number of piperidine rings is 1. The summed E-state index contributed by atoms with van der Waals surface area (Å²) in [6.07, 6.45) is 0.929. The van der Waals surface area contributed by atoms with Crippen LogP contribution >= 0.6 is 0 Å². The SMILES string of the molecule is CC(C)(C)OC(=O)NNC1CCCN(c2cccc(F)c2[N+](=O)[O-])C1. The summed E-state index contributed by atoms with van der Waals surface area (Å²) in [5.74, 6) is -0.857. The van der Waals surface area contributed by atoms with Crippen molar-refractivity contribution >= 4 is 17.5 Å². The molecule has 1 aliphatic rings. The van der Waals surface area contributed by atoms with Crippen LogP contribution < -0.4 is 15.8 Å². The molecule has 25 heavy (non-hydrogen) atoms. The Bertz CT molecular complexity index is 648. The summed E-state index contributed by atoms with van der Waals surface area (Å²) in [6, 6.07) is 3.92. The van der Waals surface area contributed by atoms with Gasteiger partial charge in [0.05, 0.1) is 4.92 Å². The number of halogens is 1. The summed E-state index contributed by atoms with van der Waals surface area (Å²) < 4.78 is 18.9. The van der Waals surface area contributed by atoms with E-state index in [2.05, 4.69) is 10.9 Å². The minimum atomic E-state index is -0.857. The van der Waals surface area contributed by atoms with Gasteiger partial charge in [-0.25, -0.2) is 10.2 Å². The Kier molecular flexibility index (Phi) is 5.78. The third kappa shape index (κ3) is 5.28. The van der Waals surface area contributed by atoms with Gasteiger partial charge in [-0.3, -0.25) is 15.5 Å². The summed E-state index contributed by atoms with van der Waals surface area (Å²) in [5.41, 5.74) is 4.48. The number of carbonyl (C=O) groups excluding carboxylic acids is 1. The normalized spacial score (nSPS) is 17.9. The third-order valence-electron chi connectivity index (χ3n) is 3.69. The highest BCUT2D eigenvalue weighted by atomic mass is 19.1. The van der Waals surface area contributed by atoms with Crippen LogP contribution in [0.3, 0.4) is 0 Å². The third-order valence-corrected chi connectivity index (χ3v) is 3.69. The summed E-state index contributed by atoms with van der Waals surface area (Å²) in [4.78, 5) is 23.9. The van der Waals surface area contributed by atoms with Gasteiger partial charge >= 0.3 is 11.8 Å². The number of nitrogens with zero attached hydrogens (tertiary/aromatic N) is 2. The second-order valence-corrected chi connectivity index (χ2v) is 6.92. The predicted molar refractivity (Wildman–Crippen MR) is 90.8 cm³/mol. The quantitative estimate of drug-likeness (QED) is 0.637. The second kappa shape index (κ2) is 7.64. The number of benzene rings is 1. The lowest BCUT2D eigenvalue weighted by molar-refractivity contribution is -0.386. The zero-order chi connectivity index (χ0) is 18.6. The highest BCUT2D eigenvalue weighted by Crippen LogP contribution is 2.32. The standard InChI is InChI=1S/C16H23FN4O4/c1-16(2,3)25-15(22)19-18-11-6-5-9-20(10-11)13-8-4-7-12(17)14(13)21(23)24/h4,7-8,11,18H,5-6,9-10H2,1-3H3,(H,19,22). The number of hydrazine groups is 1. The molecule has 1 unspecified atom stereocenters. The zero-order valence-electron chi connectivity index (χ0n) is 14.5. The lowest BCUT2D eigenvalue weighted by Crippen LogP contribution is -2.53. The molecule has 0 aromatic heterocycles. The summed E-state index contributed by atoms with van der Waals surface area (Å²) >= 11 is 0. The molecule has 9 heteroatoms. The van der Waals surface area contributed by atoms with Crippen LogP contribution in [0.2, 0.25) is 0 Å². The fraction of sp³-hybridized carbons (Fsp3) is 0.562. The van der Waals surface area contributed by atoms with E-state index in [4.69, 9.17) is 4.74 Å². The Hall–Kier alpha value is -2.42. The van der Waals surface area contributed by atoms with E-state index in [1.54, 1.807) is 25.7 Å². The van der Waals surface area contributed by atoms with Crippen molar-refractivity contribution in [3.05, 3.63) is 34.1 Å². The fourth-order valence-electron chi connectivity index (χ4n) is 2.72. The number of nitro benzene ring substituents is 1. The van der Waals surface area contributed by atoms with Gasteiger partial charge in [0.25, 0.3) is 0 Å². The summed E-state index contributed by atoms with van der Waals surface area (Å²) in [5, 5.41) is 11.2. The van der Waals surface area contributed by atoms with Gasteiger partial charge in [-0.1, -0.05) is 6.07 Å². The number of ether oxygens (including phenoxy) is 1. The van der Waals surface area contributed by atoms with Crippen molar-refractivity contribution < 1.29 is 18.8 Å². The Morgan fingerprint density at radius 3 is 2.80 bits per heavy atom. The largest absolute Gasteiger partial charge is 0.443 e. The smallest absolute Gasteiger partial charge is 0.422 e. The summed E-state index contributed by atoms with van der Waals surface area (Å²) in [6.45, 7) is 6.27. The average molecular weight is 354 g/mol. The van der Waals surface area contributed by atoms with E-state index in [1.807, 2.05) is 0 Å². The molecule has 1 aliphatic heterocycles. The van der Waals surface area contributed by atoms with Crippen molar-refractivity contribution in [3.8, 4) is 0 Å². The molecule has 2 N–H and O–H groups in total. The van der Waals surface area contributed by atoms with Gasteiger partial charge in [-0.05, 0) is 45.7 Å². The van der Waals surface area contributed by atoms with Crippen LogP contribution in [0.5, 0.6) is 0 Å².